The summed E-state index contributed by atoms with van der Waals surface area (Å²) >= 11 is 0. The Labute approximate surface area is 103 Å². The van der Waals surface area contributed by atoms with Crippen molar-refractivity contribution in [1.29, 1.82) is 5.41 Å². The van der Waals surface area contributed by atoms with E-state index in [-0.39, 0.29) is 11.5 Å². The molecule has 0 fully saturated rings. The fourth-order valence-corrected chi connectivity index (χ4v) is 1.79. The molecule has 1 aliphatic rings. The fraction of sp³-hybridized carbons (Fsp3) is 0. The number of aromatic nitrogens is 1. The normalized spacial score (nSPS) is 15.6. The molecule has 0 spiro atoms. The summed E-state index contributed by atoms with van der Waals surface area (Å²) in [6.45, 7) is 0. The van der Waals surface area contributed by atoms with Crippen molar-refractivity contribution < 1.29 is 9.13 Å². The number of allylic oxidation sites excluding steroid dienone is 1. The van der Waals surface area contributed by atoms with Gasteiger partial charge in [0, 0.05) is 17.8 Å². The first-order chi connectivity index (χ1) is 8.74. The average molecular weight is 240 g/mol. The highest BCUT2D eigenvalue weighted by molar-refractivity contribution is 6.16. The molecule has 2 aromatic rings. The first kappa shape index (κ1) is 10.7. The SMILES string of the molecule is N=C1C(=Cc2ccccn2)Oc2ccc(F)cc21. The van der Waals surface area contributed by atoms with Gasteiger partial charge in [-0.05, 0) is 30.3 Å². The van der Waals surface area contributed by atoms with Crippen LogP contribution >= 0.6 is 0 Å². The van der Waals surface area contributed by atoms with Crippen molar-refractivity contribution in [3.8, 4) is 5.75 Å². The van der Waals surface area contributed by atoms with Crippen LogP contribution in [0.5, 0.6) is 5.75 Å². The van der Waals surface area contributed by atoms with Crippen molar-refractivity contribution >= 4 is 11.8 Å². The van der Waals surface area contributed by atoms with E-state index in [4.69, 9.17) is 10.1 Å². The predicted molar refractivity (Wildman–Crippen MR) is 66.1 cm³/mol. The van der Waals surface area contributed by atoms with E-state index in [1.807, 2.05) is 18.2 Å². The summed E-state index contributed by atoms with van der Waals surface area (Å²) in [6.07, 6.45) is 3.33. The third-order valence-corrected chi connectivity index (χ3v) is 2.64. The minimum absolute atomic E-state index is 0.176. The van der Waals surface area contributed by atoms with Crippen LogP contribution in [0, 0.1) is 11.2 Å². The second-order valence-corrected chi connectivity index (χ2v) is 3.88. The van der Waals surface area contributed by atoms with Gasteiger partial charge in [0.1, 0.15) is 17.3 Å². The van der Waals surface area contributed by atoms with Crippen LogP contribution in [0.15, 0.2) is 48.4 Å². The Kier molecular flexibility index (Phi) is 2.41. The maximum Gasteiger partial charge on any atom is 0.155 e. The van der Waals surface area contributed by atoms with Crippen LogP contribution in [-0.4, -0.2) is 10.7 Å². The Bertz CT molecular complexity index is 650. The Morgan fingerprint density at radius 2 is 2.11 bits per heavy atom. The second-order valence-electron chi connectivity index (χ2n) is 3.88. The topological polar surface area (TPSA) is 46.0 Å². The van der Waals surface area contributed by atoms with Gasteiger partial charge in [0.2, 0.25) is 0 Å². The minimum atomic E-state index is -0.374. The Morgan fingerprint density at radius 3 is 2.89 bits per heavy atom. The van der Waals surface area contributed by atoms with E-state index >= 15 is 0 Å². The summed E-state index contributed by atoms with van der Waals surface area (Å²) in [7, 11) is 0. The lowest BCUT2D eigenvalue weighted by Crippen LogP contribution is -1.98. The maximum atomic E-state index is 13.1. The van der Waals surface area contributed by atoms with E-state index in [1.165, 1.54) is 18.2 Å². The van der Waals surface area contributed by atoms with Gasteiger partial charge in [-0.1, -0.05) is 6.07 Å². The number of halogens is 1. The number of nitrogens with zero attached hydrogens (tertiary/aromatic N) is 1. The highest BCUT2D eigenvalue weighted by Crippen LogP contribution is 2.31. The molecule has 3 rings (SSSR count). The molecule has 1 N–H and O–H groups in total. The molecule has 88 valence electrons. The van der Waals surface area contributed by atoms with Crippen molar-refractivity contribution in [2.75, 3.05) is 0 Å². The van der Waals surface area contributed by atoms with Crippen LogP contribution < -0.4 is 4.74 Å². The molecule has 3 nitrogen and oxygen atoms in total. The van der Waals surface area contributed by atoms with Gasteiger partial charge in [-0.15, -0.1) is 0 Å². The zero-order valence-corrected chi connectivity index (χ0v) is 9.35. The van der Waals surface area contributed by atoms with Crippen LogP contribution in [0.2, 0.25) is 0 Å². The van der Waals surface area contributed by atoms with Gasteiger partial charge in [-0.2, -0.15) is 0 Å². The highest BCUT2D eigenvalue weighted by atomic mass is 19.1. The molecular weight excluding hydrogens is 231 g/mol. The lowest BCUT2D eigenvalue weighted by Gasteiger charge is -1.98. The maximum absolute atomic E-state index is 13.1. The summed E-state index contributed by atoms with van der Waals surface area (Å²) in [5.74, 6) is 0.513. The molecule has 1 aromatic heterocycles. The molecule has 1 aromatic carbocycles. The van der Waals surface area contributed by atoms with Crippen LogP contribution in [0.25, 0.3) is 6.08 Å². The van der Waals surface area contributed by atoms with E-state index in [0.717, 1.165) is 0 Å². The number of ether oxygens (including phenoxy) is 1. The molecule has 0 saturated carbocycles. The molecule has 0 saturated heterocycles. The lowest BCUT2D eigenvalue weighted by atomic mass is 10.1. The highest BCUT2D eigenvalue weighted by Gasteiger charge is 2.24. The summed E-state index contributed by atoms with van der Waals surface area (Å²) in [6, 6.07) is 9.62. The number of benzene rings is 1. The third kappa shape index (κ3) is 1.78. The summed E-state index contributed by atoms with van der Waals surface area (Å²) in [4.78, 5) is 4.13. The van der Waals surface area contributed by atoms with Crippen molar-refractivity contribution in [2.45, 2.75) is 0 Å². The molecule has 1 aliphatic heterocycles. The van der Waals surface area contributed by atoms with Gasteiger partial charge in [0.25, 0.3) is 0 Å². The van der Waals surface area contributed by atoms with E-state index in [0.29, 0.717) is 22.8 Å². The van der Waals surface area contributed by atoms with Gasteiger partial charge >= 0.3 is 0 Å². The summed E-state index contributed by atoms with van der Waals surface area (Å²) in [5.41, 5.74) is 1.35. The number of nitrogens with one attached hydrogen (secondary N) is 1. The van der Waals surface area contributed by atoms with Crippen LogP contribution in [0.3, 0.4) is 0 Å². The second kappa shape index (κ2) is 4.07. The first-order valence-corrected chi connectivity index (χ1v) is 5.43. The van der Waals surface area contributed by atoms with E-state index in [9.17, 15) is 4.39 Å². The quantitative estimate of drug-likeness (QED) is 0.832. The number of fused-ring (bicyclic) bond motifs is 1. The Morgan fingerprint density at radius 1 is 1.22 bits per heavy atom. The van der Waals surface area contributed by atoms with Crippen LogP contribution in [0.4, 0.5) is 4.39 Å². The van der Waals surface area contributed by atoms with Gasteiger partial charge in [-0.25, -0.2) is 4.39 Å². The zero-order chi connectivity index (χ0) is 12.5. The molecule has 18 heavy (non-hydrogen) atoms. The van der Waals surface area contributed by atoms with Crippen molar-refractivity contribution in [1.82, 2.24) is 4.98 Å². The molecule has 0 bridgehead atoms. The molecule has 0 amide bonds. The third-order valence-electron chi connectivity index (χ3n) is 2.64. The fourth-order valence-electron chi connectivity index (χ4n) is 1.79. The molecule has 0 radical (unpaired) electrons. The zero-order valence-electron chi connectivity index (χ0n) is 9.35. The number of hydrogen-bond acceptors (Lipinski definition) is 3. The average Bonchev–Trinajstić information content (AvgIpc) is 2.68. The van der Waals surface area contributed by atoms with Crippen LogP contribution in [-0.2, 0) is 0 Å². The summed E-state index contributed by atoms with van der Waals surface area (Å²) in [5, 5.41) is 7.95. The number of hydrogen-bond donors (Lipinski definition) is 1. The van der Waals surface area contributed by atoms with Gasteiger partial charge in [0.15, 0.2) is 5.76 Å². The molecular formula is C14H9FN2O. The van der Waals surface area contributed by atoms with E-state index < -0.39 is 0 Å². The molecule has 0 aliphatic carbocycles. The Hall–Kier alpha value is -2.49. The summed E-state index contributed by atoms with van der Waals surface area (Å²) < 4.78 is 18.6. The minimum Gasteiger partial charge on any atom is -0.454 e. The largest absolute Gasteiger partial charge is 0.454 e. The van der Waals surface area contributed by atoms with E-state index in [1.54, 1.807) is 12.3 Å². The molecule has 0 unspecified atom stereocenters. The monoisotopic (exact) mass is 240 g/mol. The van der Waals surface area contributed by atoms with Crippen molar-refractivity contribution in [3.63, 3.8) is 0 Å². The Balaban J connectivity index is 2.00. The first-order valence-electron chi connectivity index (χ1n) is 5.43. The molecule has 0 atom stereocenters. The smallest absolute Gasteiger partial charge is 0.155 e. The number of pyridine rings is 1. The van der Waals surface area contributed by atoms with E-state index in [2.05, 4.69) is 4.98 Å². The molecule has 4 heteroatoms. The lowest BCUT2D eigenvalue weighted by molar-refractivity contribution is 0.471. The van der Waals surface area contributed by atoms with Crippen molar-refractivity contribution in [2.24, 2.45) is 0 Å². The standard InChI is InChI=1S/C14H9FN2O/c15-9-4-5-12-11(7-9)14(16)13(18-12)8-10-3-1-2-6-17-10/h1-8,16H. The van der Waals surface area contributed by atoms with Gasteiger partial charge < -0.3 is 4.74 Å². The van der Waals surface area contributed by atoms with Crippen molar-refractivity contribution in [3.05, 3.63) is 65.4 Å². The van der Waals surface area contributed by atoms with Gasteiger partial charge in [-0.3, -0.25) is 10.4 Å². The van der Waals surface area contributed by atoms with Crippen LogP contribution in [0.1, 0.15) is 11.3 Å². The predicted octanol–water partition coefficient (Wildman–Crippen LogP) is 3.02. The van der Waals surface area contributed by atoms with Gasteiger partial charge in [0.05, 0.1) is 5.69 Å². The molecule has 2 heterocycles. The number of rotatable bonds is 1.